The molecule has 0 bridgehead atoms. The zero-order valence-corrected chi connectivity index (χ0v) is 18.3. The highest BCUT2D eigenvalue weighted by molar-refractivity contribution is 5.75. The molecule has 4 aromatic rings. The summed E-state index contributed by atoms with van der Waals surface area (Å²) < 4.78 is 7.43. The van der Waals surface area contributed by atoms with E-state index in [1.165, 1.54) is 27.8 Å². The topological polar surface area (TPSA) is 52.0 Å². The maximum absolute atomic E-state index is 5.42. The van der Waals surface area contributed by atoms with Crippen molar-refractivity contribution in [3.8, 4) is 5.75 Å². The Balaban J connectivity index is 1.56. The maximum Gasteiger partial charge on any atom is 0.226 e. The third kappa shape index (κ3) is 3.42. The fourth-order valence-corrected chi connectivity index (χ4v) is 5.00. The van der Waals surface area contributed by atoms with Crippen molar-refractivity contribution in [1.29, 1.82) is 0 Å². The fourth-order valence-electron chi connectivity index (χ4n) is 5.00. The lowest BCUT2D eigenvalue weighted by Gasteiger charge is -2.37. The zero-order valence-electron chi connectivity index (χ0n) is 18.3. The van der Waals surface area contributed by atoms with Crippen LogP contribution in [0.4, 0.5) is 5.95 Å². The van der Waals surface area contributed by atoms with E-state index in [2.05, 4.69) is 94.3 Å². The standard InChI is InChI=1S/C28H24N4O/c1-33-23-14-12-20(13-15-23)24-16-22(19-8-4-2-5-9-19)17-25-26(24)27(21-10-6-3-7-11-21)32-28(31-25)29-18-30-32/h2-15,17-18,24,27H,16H2,1H3,(H,29,30,31). The van der Waals surface area contributed by atoms with E-state index >= 15 is 0 Å². The van der Waals surface area contributed by atoms with Gasteiger partial charge in [0, 0.05) is 11.6 Å². The van der Waals surface area contributed by atoms with Crippen LogP contribution in [0.15, 0.2) is 109 Å². The smallest absolute Gasteiger partial charge is 0.226 e. The molecule has 0 fully saturated rings. The molecule has 0 radical (unpaired) electrons. The van der Waals surface area contributed by atoms with Crippen molar-refractivity contribution in [2.75, 3.05) is 12.4 Å². The number of nitrogens with zero attached hydrogens (tertiary/aromatic N) is 3. The summed E-state index contributed by atoms with van der Waals surface area (Å²) in [5, 5.41) is 8.18. The van der Waals surface area contributed by atoms with Crippen molar-refractivity contribution in [3.05, 3.63) is 125 Å². The van der Waals surface area contributed by atoms with Crippen LogP contribution in [0.3, 0.4) is 0 Å². The molecule has 162 valence electrons. The summed E-state index contributed by atoms with van der Waals surface area (Å²) in [5.41, 5.74) is 7.43. The monoisotopic (exact) mass is 432 g/mol. The Morgan fingerprint density at radius 2 is 1.61 bits per heavy atom. The van der Waals surface area contributed by atoms with Crippen molar-refractivity contribution in [2.24, 2.45) is 0 Å². The van der Waals surface area contributed by atoms with Gasteiger partial charge in [0.25, 0.3) is 0 Å². The second-order valence-corrected chi connectivity index (χ2v) is 8.40. The molecule has 0 saturated carbocycles. The van der Waals surface area contributed by atoms with Crippen LogP contribution in [-0.4, -0.2) is 21.9 Å². The van der Waals surface area contributed by atoms with Crippen molar-refractivity contribution in [3.63, 3.8) is 0 Å². The van der Waals surface area contributed by atoms with Gasteiger partial charge >= 0.3 is 0 Å². The molecule has 0 amide bonds. The van der Waals surface area contributed by atoms with Gasteiger partial charge in [0.1, 0.15) is 18.1 Å². The van der Waals surface area contributed by atoms with E-state index in [4.69, 9.17) is 4.74 Å². The number of nitrogens with one attached hydrogen (secondary N) is 1. The van der Waals surface area contributed by atoms with Gasteiger partial charge in [0.2, 0.25) is 5.95 Å². The van der Waals surface area contributed by atoms with Gasteiger partial charge in [-0.15, -0.1) is 0 Å². The van der Waals surface area contributed by atoms with Crippen LogP contribution in [0.2, 0.25) is 0 Å². The average Bonchev–Trinajstić information content (AvgIpc) is 3.36. The Labute approximate surface area is 193 Å². The first-order chi connectivity index (χ1) is 16.3. The molecule has 5 heteroatoms. The number of allylic oxidation sites excluding steroid dienone is 3. The van der Waals surface area contributed by atoms with Gasteiger partial charge in [-0.25, -0.2) is 4.68 Å². The van der Waals surface area contributed by atoms with Crippen LogP contribution < -0.4 is 10.1 Å². The molecule has 6 rings (SSSR count). The SMILES string of the molecule is COc1ccc(C2CC(c3ccccc3)=CC3=C2C(c2ccccc2)n2ncnc2N3)cc1. The van der Waals surface area contributed by atoms with Gasteiger partial charge in [-0.05, 0) is 52.5 Å². The van der Waals surface area contributed by atoms with Crippen LogP contribution >= 0.6 is 0 Å². The van der Waals surface area contributed by atoms with Crippen molar-refractivity contribution >= 4 is 11.5 Å². The summed E-state index contributed by atoms with van der Waals surface area (Å²) in [4.78, 5) is 4.50. The summed E-state index contributed by atoms with van der Waals surface area (Å²) in [6, 6.07) is 29.6. The second kappa shape index (κ2) is 8.10. The molecule has 1 N–H and O–H groups in total. The first-order valence-corrected chi connectivity index (χ1v) is 11.2. The molecule has 1 aliphatic carbocycles. The molecule has 33 heavy (non-hydrogen) atoms. The van der Waals surface area contributed by atoms with Crippen LogP contribution in [0.5, 0.6) is 5.75 Å². The number of anilines is 1. The Bertz CT molecular complexity index is 1340. The molecule has 5 nitrogen and oxygen atoms in total. The van der Waals surface area contributed by atoms with Crippen LogP contribution in [-0.2, 0) is 0 Å². The molecule has 1 aromatic heterocycles. The highest BCUT2D eigenvalue weighted by Crippen LogP contribution is 2.49. The number of methoxy groups -OCH3 is 1. The lowest BCUT2D eigenvalue weighted by Crippen LogP contribution is -2.30. The van der Waals surface area contributed by atoms with Crippen molar-refractivity contribution < 1.29 is 4.74 Å². The summed E-state index contributed by atoms with van der Waals surface area (Å²) in [6.07, 6.45) is 4.82. The van der Waals surface area contributed by atoms with Crippen LogP contribution in [0.25, 0.3) is 5.57 Å². The molecule has 3 aromatic carbocycles. The largest absolute Gasteiger partial charge is 0.497 e. The summed E-state index contributed by atoms with van der Waals surface area (Å²) in [7, 11) is 1.70. The molecular weight excluding hydrogens is 408 g/mol. The summed E-state index contributed by atoms with van der Waals surface area (Å²) >= 11 is 0. The van der Waals surface area contributed by atoms with Gasteiger partial charge in [0.15, 0.2) is 0 Å². The Morgan fingerprint density at radius 3 is 2.33 bits per heavy atom. The van der Waals surface area contributed by atoms with Crippen LogP contribution in [0, 0.1) is 0 Å². The van der Waals surface area contributed by atoms with Crippen LogP contribution in [0.1, 0.15) is 35.1 Å². The first kappa shape index (κ1) is 19.6. The first-order valence-electron chi connectivity index (χ1n) is 11.2. The predicted molar refractivity (Wildman–Crippen MR) is 130 cm³/mol. The summed E-state index contributed by atoms with van der Waals surface area (Å²) in [5.74, 6) is 1.81. The van der Waals surface area contributed by atoms with Crippen molar-refractivity contribution in [1.82, 2.24) is 14.8 Å². The lowest BCUT2D eigenvalue weighted by atomic mass is 9.74. The molecule has 2 atom stereocenters. The Morgan fingerprint density at radius 1 is 0.879 bits per heavy atom. The Kier molecular flexibility index (Phi) is 4.80. The number of benzene rings is 3. The zero-order chi connectivity index (χ0) is 22.2. The molecule has 1 aliphatic heterocycles. The molecule has 2 aliphatic rings. The minimum absolute atomic E-state index is 0.0272. The number of ether oxygens (including phenoxy) is 1. The van der Waals surface area contributed by atoms with Crippen molar-refractivity contribution in [2.45, 2.75) is 18.4 Å². The quantitative estimate of drug-likeness (QED) is 0.441. The van der Waals surface area contributed by atoms with E-state index < -0.39 is 0 Å². The highest BCUT2D eigenvalue weighted by Gasteiger charge is 2.37. The molecule has 2 heterocycles. The van der Waals surface area contributed by atoms with Gasteiger partial charge in [-0.2, -0.15) is 10.1 Å². The minimum Gasteiger partial charge on any atom is -0.497 e. The third-order valence-corrected chi connectivity index (χ3v) is 6.57. The Hall–Kier alpha value is -4.12. The average molecular weight is 433 g/mol. The second-order valence-electron chi connectivity index (χ2n) is 8.40. The van der Waals surface area contributed by atoms with E-state index in [1.807, 2.05) is 16.8 Å². The van der Waals surface area contributed by atoms with E-state index in [9.17, 15) is 0 Å². The number of fused-ring (bicyclic) bond motifs is 1. The summed E-state index contributed by atoms with van der Waals surface area (Å²) in [6.45, 7) is 0. The maximum atomic E-state index is 5.42. The molecule has 0 spiro atoms. The number of hydrogen-bond donors (Lipinski definition) is 1. The van der Waals surface area contributed by atoms with Gasteiger partial charge < -0.3 is 10.1 Å². The molecular formula is C28H24N4O. The third-order valence-electron chi connectivity index (χ3n) is 6.57. The predicted octanol–water partition coefficient (Wildman–Crippen LogP) is 5.83. The van der Waals surface area contributed by atoms with E-state index in [0.717, 1.165) is 23.8 Å². The highest BCUT2D eigenvalue weighted by atomic mass is 16.5. The number of aromatic nitrogens is 3. The molecule has 0 saturated heterocycles. The van der Waals surface area contributed by atoms with Gasteiger partial charge in [0.05, 0.1) is 7.11 Å². The number of hydrogen-bond acceptors (Lipinski definition) is 4. The fraction of sp³-hybridized carbons (Fsp3) is 0.143. The number of rotatable bonds is 4. The lowest BCUT2D eigenvalue weighted by molar-refractivity contribution is 0.414. The van der Waals surface area contributed by atoms with E-state index in [0.29, 0.717) is 0 Å². The molecule has 2 unspecified atom stereocenters. The normalized spacial score (nSPS) is 19.2. The minimum atomic E-state index is -0.0272. The van der Waals surface area contributed by atoms with E-state index in [1.54, 1.807) is 13.4 Å². The van der Waals surface area contributed by atoms with E-state index in [-0.39, 0.29) is 12.0 Å². The van der Waals surface area contributed by atoms with Gasteiger partial charge in [-0.3, -0.25) is 0 Å². The van der Waals surface area contributed by atoms with Gasteiger partial charge in [-0.1, -0.05) is 72.8 Å².